The number of carboxylic acids is 1. The number of benzene rings is 1. The molecule has 0 saturated carbocycles. The molecular weight excluding hydrogens is 342 g/mol. The Morgan fingerprint density at radius 2 is 1.96 bits per heavy atom. The van der Waals surface area contributed by atoms with Crippen molar-refractivity contribution >= 4 is 11.5 Å². The number of carbonyl (C=O) groups is 1. The summed E-state index contributed by atoms with van der Waals surface area (Å²) < 4.78 is 39.4. The highest BCUT2D eigenvalue weighted by atomic mass is 19.1. The van der Waals surface area contributed by atoms with E-state index in [1.54, 1.807) is 0 Å². The van der Waals surface area contributed by atoms with Gasteiger partial charge in [0.1, 0.15) is 18.1 Å². The molecule has 0 saturated heterocycles. The lowest BCUT2D eigenvalue weighted by Gasteiger charge is -2.12. The van der Waals surface area contributed by atoms with Gasteiger partial charge in [0, 0.05) is 6.42 Å². The van der Waals surface area contributed by atoms with E-state index in [1.807, 2.05) is 19.1 Å². The Morgan fingerprint density at radius 3 is 2.58 bits per heavy atom. The van der Waals surface area contributed by atoms with Crippen molar-refractivity contribution in [1.29, 1.82) is 0 Å². The molecule has 1 aliphatic carbocycles. The summed E-state index contributed by atoms with van der Waals surface area (Å²) in [6.07, 6.45) is 2.49. The van der Waals surface area contributed by atoms with Crippen molar-refractivity contribution in [3.05, 3.63) is 58.6 Å². The molecule has 1 heterocycles. The Kier molecular flexibility index (Phi) is 5.40. The van der Waals surface area contributed by atoms with E-state index < -0.39 is 23.4 Å². The van der Waals surface area contributed by atoms with Crippen molar-refractivity contribution in [2.75, 3.05) is 6.61 Å². The Bertz CT molecular complexity index is 828. The lowest BCUT2D eigenvalue weighted by Crippen LogP contribution is -2.06. The summed E-state index contributed by atoms with van der Waals surface area (Å²) >= 11 is 0. The van der Waals surface area contributed by atoms with Crippen LogP contribution in [0.15, 0.2) is 34.3 Å². The molecule has 0 aliphatic heterocycles. The van der Waals surface area contributed by atoms with Gasteiger partial charge in [0.15, 0.2) is 17.4 Å². The van der Waals surface area contributed by atoms with Crippen LogP contribution in [0.4, 0.5) is 8.78 Å². The number of ether oxygens (including phenoxy) is 1. The molecule has 0 radical (unpaired) electrons. The fourth-order valence-corrected chi connectivity index (χ4v) is 3.16. The van der Waals surface area contributed by atoms with Gasteiger partial charge in [-0.25, -0.2) is 8.78 Å². The van der Waals surface area contributed by atoms with Crippen LogP contribution in [-0.4, -0.2) is 17.7 Å². The van der Waals surface area contributed by atoms with Crippen LogP contribution in [0.2, 0.25) is 0 Å². The quantitative estimate of drug-likeness (QED) is 0.761. The monoisotopic (exact) mass is 362 g/mol. The number of allylic oxidation sites excluding steroid dienone is 1. The standard InChI is InChI=1S/C20H20F2O4/c1-12-5-7-18(26-12)15-4-2-3-14(15)11-25-20-16(21)9-13(10-17(20)22)6-8-19(23)24/h5,7,9-10H,2-4,6,8,11H2,1H3,(H,23,24). The van der Waals surface area contributed by atoms with Crippen molar-refractivity contribution in [2.45, 2.75) is 39.0 Å². The summed E-state index contributed by atoms with van der Waals surface area (Å²) in [5, 5.41) is 8.67. The molecule has 1 aromatic carbocycles. The first-order chi connectivity index (χ1) is 12.4. The number of aryl methyl sites for hydroxylation is 2. The number of hydrogen-bond donors (Lipinski definition) is 1. The average Bonchev–Trinajstić information content (AvgIpc) is 3.20. The van der Waals surface area contributed by atoms with E-state index in [0.717, 1.165) is 54.1 Å². The summed E-state index contributed by atoms with van der Waals surface area (Å²) in [6, 6.07) is 6.03. The molecule has 3 rings (SSSR count). The SMILES string of the molecule is Cc1ccc(C2=C(COc3c(F)cc(CCC(=O)O)cc3F)CCC2)o1. The average molecular weight is 362 g/mol. The minimum Gasteiger partial charge on any atom is -0.483 e. The lowest BCUT2D eigenvalue weighted by molar-refractivity contribution is -0.136. The second-order valence-corrected chi connectivity index (χ2v) is 6.42. The van der Waals surface area contributed by atoms with Gasteiger partial charge in [0.25, 0.3) is 0 Å². The molecule has 0 amide bonds. The maximum atomic E-state index is 14.2. The smallest absolute Gasteiger partial charge is 0.303 e. The molecule has 1 aliphatic rings. The molecule has 1 N–H and O–H groups in total. The van der Waals surface area contributed by atoms with Gasteiger partial charge >= 0.3 is 5.97 Å². The van der Waals surface area contributed by atoms with E-state index >= 15 is 0 Å². The van der Waals surface area contributed by atoms with Crippen LogP contribution in [0.3, 0.4) is 0 Å². The summed E-state index contributed by atoms with van der Waals surface area (Å²) in [6.45, 7) is 1.96. The largest absolute Gasteiger partial charge is 0.483 e. The van der Waals surface area contributed by atoms with Crippen LogP contribution in [0, 0.1) is 18.6 Å². The maximum Gasteiger partial charge on any atom is 0.303 e. The molecule has 0 atom stereocenters. The van der Waals surface area contributed by atoms with Gasteiger partial charge < -0.3 is 14.3 Å². The Morgan fingerprint density at radius 1 is 1.23 bits per heavy atom. The third-order valence-electron chi connectivity index (χ3n) is 4.45. The highest BCUT2D eigenvalue weighted by Crippen LogP contribution is 2.35. The van der Waals surface area contributed by atoms with Crippen molar-refractivity contribution < 1.29 is 27.8 Å². The van der Waals surface area contributed by atoms with E-state index in [0.29, 0.717) is 5.56 Å². The van der Waals surface area contributed by atoms with Crippen LogP contribution < -0.4 is 4.74 Å². The van der Waals surface area contributed by atoms with Gasteiger partial charge in [0.2, 0.25) is 0 Å². The molecular formula is C20H20F2O4. The third kappa shape index (κ3) is 4.12. The minimum absolute atomic E-state index is 0.0661. The van der Waals surface area contributed by atoms with E-state index in [9.17, 15) is 13.6 Å². The highest BCUT2D eigenvalue weighted by Gasteiger charge is 2.21. The van der Waals surface area contributed by atoms with Crippen molar-refractivity contribution in [3.63, 3.8) is 0 Å². The molecule has 0 fully saturated rings. The Balaban J connectivity index is 1.74. The molecule has 4 nitrogen and oxygen atoms in total. The molecule has 26 heavy (non-hydrogen) atoms. The number of furan rings is 1. The number of halogens is 2. The van der Waals surface area contributed by atoms with E-state index in [4.69, 9.17) is 14.3 Å². The topological polar surface area (TPSA) is 59.7 Å². The fourth-order valence-electron chi connectivity index (χ4n) is 3.16. The van der Waals surface area contributed by atoms with Gasteiger partial charge in [-0.1, -0.05) is 0 Å². The number of rotatable bonds is 7. The summed E-state index contributed by atoms with van der Waals surface area (Å²) in [5.74, 6) is -1.49. The lowest BCUT2D eigenvalue weighted by atomic mass is 10.1. The normalized spacial score (nSPS) is 14.1. The second kappa shape index (κ2) is 7.72. The van der Waals surface area contributed by atoms with Crippen molar-refractivity contribution in [3.8, 4) is 5.75 Å². The molecule has 0 spiro atoms. The van der Waals surface area contributed by atoms with Crippen LogP contribution >= 0.6 is 0 Å². The van der Waals surface area contributed by atoms with E-state index in [-0.39, 0.29) is 19.4 Å². The van der Waals surface area contributed by atoms with Crippen LogP contribution in [0.25, 0.3) is 5.57 Å². The summed E-state index contributed by atoms with van der Waals surface area (Å²) in [4.78, 5) is 10.6. The van der Waals surface area contributed by atoms with Crippen LogP contribution in [0.1, 0.15) is 42.8 Å². The number of aliphatic carboxylic acids is 1. The first kappa shape index (κ1) is 18.2. The van der Waals surface area contributed by atoms with Gasteiger partial charge in [-0.15, -0.1) is 0 Å². The zero-order chi connectivity index (χ0) is 18.7. The number of hydrogen-bond acceptors (Lipinski definition) is 3. The second-order valence-electron chi connectivity index (χ2n) is 6.42. The summed E-state index contributed by atoms with van der Waals surface area (Å²) in [7, 11) is 0. The summed E-state index contributed by atoms with van der Waals surface area (Å²) in [5.41, 5.74) is 2.31. The van der Waals surface area contributed by atoms with Crippen molar-refractivity contribution in [1.82, 2.24) is 0 Å². The zero-order valence-electron chi connectivity index (χ0n) is 14.5. The maximum absolute atomic E-state index is 14.2. The first-order valence-electron chi connectivity index (χ1n) is 8.54. The van der Waals surface area contributed by atoms with Crippen LogP contribution in [0.5, 0.6) is 5.75 Å². The van der Waals surface area contributed by atoms with Gasteiger partial charge in [-0.3, -0.25) is 4.79 Å². The van der Waals surface area contributed by atoms with Crippen LogP contribution in [-0.2, 0) is 11.2 Å². The van der Waals surface area contributed by atoms with Gasteiger partial charge in [-0.05, 0) is 73.6 Å². The first-order valence-corrected chi connectivity index (χ1v) is 8.54. The highest BCUT2D eigenvalue weighted by molar-refractivity contribution is 5.68. The predicted octanol–water partition coefficient (Wildman–Crippen LogP) is 4.90. The number of carboxylic acid groups (broad SMARTS) is 1. The Hall–Kier alpha value is -2.63. The predicted molar refractivity (Wildman–Crippen MR) is 92.0 cm³/mol. The molecule has 138 valence electrons. The van der Waals surface area contributed by atoms with Crippen molar-refractivity contribution in [2.24, 2.45) is 0 Å². The minimum atomic E-state index is -1.01. The Labute approximate surface area is 150 Å². The molecule has 6 heteroatoms. The van der Waals surface area contributed by atoms with Gasteiger partial charge in [0.05, 0.1) is 0 Å². The molecule has 1 aromatic heterocycles. The fraction of sp³-hybridized carbons (Fsp3) is 0.350. The zero-order valence-corrected chi connectivity index (χ0v) is 14.5. The molecule has 2 aromatic rings. The van der Waals surface area contributed by atoms with E-state index in [2.05, 4.69) is 0 Å². The van der Waals surface area contributed by atoms with E-state index in [1.165, 1.54) is 0 Å². The molecule has 0 unspecified atom stereocenters. The third-order valence-corrected chi connectivity index (χ3v) is 4.45. The molecule has 0 bridgehead atoms. The van der Waals surface area contributed by atoms with Gasteiger partial charge in [-0.2, -0.15) is 0 Å².